The lowest BCUT2D eigenvalue weighted by Gasteiger charge is -2.24. The number of anilines is 1. The molecule has 0 radical (unpaired) electrons. The Kier molecular flexibility index (Phi) is 3.66. The van der Waals surface area contributed by atoms with Gasteiger partial charge in [0, 0.05) is 24.2 Å². The van der Waals surface area contributed by atoms with E-state index >= 15 is 0 Å². The van der Waals surface area contributed by atoms with E-state index in [2.05, 4.69) is 10.3 Å². The van der Waals surface area contributed by atoms with Crippen molar-refractivity contribution >= 4 is 11.7 Å². The van der Waals surface area contributed by atoms with Gasteiger partial charge in [0.25, 0.3) is 5.91 Å². The number of aromatic nitrogens is 1. The average Bonchev–Trinajstić information content (AvgIpc) is 2.35. The van der Waals surface area contributed by atoms with Gasteiger partial charge in [0.05, 0.1) is 0 Å². The number of aromatic amines is 1. The number of aryl methyl sites for hydroxylation is 1. The fraction of sp³-hybridized carbons (Fsp3) is 0.312. The van der Waals surface area contributed by atoms with Gasteiger partial charge in [-0.15, -0.1) is 0 Å². The summed E-state index contributed by atoms with van der Waals surface area (Å²) in [7, 11) is 0. The van der Waals surface area contributed by atoms with Crippen LogP contribution in [0.1, 0.15) is 46.9 Å². The molecule has 22 heavy (non-hydrogen) atoms. The number of hydrogen-bond acceptors (Lipinski definition) is 4. The van der Waals surface area contributed by atoms with Gasteiger partial charge in [-0.1, -0.05) is 6.42 Å². The Morgan fingerprint density at radius 3 is 2.68 bits per heavy atom. The lowest BCUT2D eigenvalue weighted by molar-refractivity contribution is 0.102. The zero-order valence-corrected chi connectivity index (χ0v) is 12.1. The first kappa shape index (κ1) is 14.3. The van der Waals surface area contributed by atoms with Gasteiger partial charge in [0.2, 0.25) is 0 Å². The van der Waals surface area contributed by atoms with E-state index in [1.807, 2.05) is 0 Å². The first-order valence-corrected chi connectivity index (χ1v) is 7.19. The van der Waals surface area contributed by atoms with Gasteiger partial charge in [-0.3, -0.25) is 9.59 Å². The van der Waals surface area contributed by atoms with Gasteiger partial charge in [-0.2, -0.15) is 0 Å². The number of amides is 1. The first-order valence-electron chi connectivity index (χ1n) is 7.19. The molecule has 1 amide bonds. The van der Waals surface area contributed by atoms with E-state index in [0.717, 1.165) is 19.3 Å². The zero-order chi connectivity index (χ0) is 15.7. The van der Waals surface area contributed by atoms with Gasteiger partial charge >= 0.3 is 5.63 Å². The Balaban J connectivity index is 1.89. The van der Waals surface area contributed by atoms with Crippen LogP contribution in [0.15, 0.2) is 38.4 Å². The van der Waals surface area contributed by atoms with Crippen LogP contribution in [0, 0.1) is 6.92 Å². The smallest absolute Gasteiger partial charge is 0.349 e. The van der Waals surface area contributed by atoms with Crippen LogP contribution in [0.5, 0.6) is 0 Å². The Morgan fingerprint density at radius 1 is 1.32 bits per heavy atom. The number of nitrogens with one attached hydrogen (secondary N) is 2. The van der Waals surface area contributed by atoms with Crippen molar-refractivity contribution in [3.63, 3.8) is 0 Å². The molecule has 0 saturated heterocycles. The maximum Gasteiger partial charge on any atom is 0.349 e. The van der Waals surface area contributed by atoms with Crippen LogP contribution < -0.4 is 16.4 Å². The van der Waals surface area contributed by atoms with Crippen LogP contribution in [0.25, 0.3) is 0 Å². The second-order valence-corrected chi connectivity index (χ2v) is 5.51. The molecule has 0 spiro atoms. The summed E-state index contributed by atoms with van der Waals surface area (Å²) in [4.78, 5) is 38.3. The third-order valence-electron chi connectivity index (χ3n) is 3.92. The van der Waals surface area contributed by atoms with Gasteiger partial charge in [0.1, 0.15) is 17.1 Å². The number of H-pyrrole nitrogens is 1. The van der Waals surface area contributed by atoms with Crippen molar-refractivity contribution in [2.45, 2.75) is 32.1 Å². The Bertz CT molecular complexity index is 831. The van der Waals surface area contributed by atoms with Crippen LogP contribution in [0.2, 0.25) is 0 Å². The van der Waals surface area contributed by atoms with Crippen molar-refractivity contribution in [2.75, 3.05) is 5.32 Å². The molecule has 2 aromatic heterocycles. The number of carbonyl (C=O) groups is 1. The highest BCUT2D eigenvalue weighted by Gasteiger charge is 2.25. The fourth-order valence-corrected chi connectivity index (χ4v) is 2.50. The Morgan fingerprint density at radius 2 is 2.09 bits per heavy atom. The molecule has 0 aromatic carbocycles. The number of rotatable bonds is 3. The van der Waals surface area contributed by atoms with Crippen LogP contribution in [-0.4, -0.2) is 10.9 Å². The lowest BCUT2D eigenvalue weighted by Crippen LogP contribution is -2.25. The van der Waals surface area contributed by atoms with Crippen LogP contribution in [0.4, 0.5) is 5.82 Å². The molecule has 2 aromatic rings. The van der Waals surface area contributed by atoms with Crippen molar-refractivity contribution in [2.24, 2.45) is 0 Å². The third kappa shape index (κ3) is 2.72. The molecule has 6 heteroatoms. The van der Waals surface area contributed by atoms with E-state index in [9.17, 15) is 14.4 Å². The first-order chi connectivity index (χ1) is 10.5. The Hall–Kier alpha value is -2.63. The summed E-state index contributed by atoms with van der Waals surface area (Å²) in [6, 6.07) is 4.34. The lowest BCUT2D eigenvalue weighted by atomic mass is 9.83. The van der Waals surface area contributed by atoms with Crippen LogP contribution in [-0.2, 0) is 0 Å². The van der Waals surface area contributed by atoms with Crippen molar-refractivity contribution in [3.8, 4) is 0 Å². The molecule has 3 rings (SSSR count). The van der Waals surface area contributed by atoms with Crippen LogP contribution >= 0.6 is 0 Å². The maximum absolute atomic E-state index is 12.2. The van der Waals surface area contributed by atoms with Gasteiger partial charge in [-0.25, -0.2) is 4.79 Å². The number of carbonyl (C=O) groups excluding carboxylic acids is 1. The Labute approximate surface area is 126 Å². The molecule has 0 atom stereocenters. The molecule has 1 fully saturated rings. The van der Waals surface area contributed by atoms with Crippen molar-refractivity contribution in [1.82, 2.24) is 4.98 Å². The molecule has 0 unspecified atom stereocenters. The SMILES string of the molecule is Cc1cc(C2CCC2)oc(=O)c1C(=O)Nc1cc(=O)cc[nH]1. The summed E-state index contributed by atoms with van der Waals surface area (Å²) in [5, 5.41) is 2.50. The summed E-state index contributed by atoms with van der Waals surface area (Å²) in [6.07, 6.45) is 4.59. The van der Waals surface area contributed by atoms with Gasteiger partial charge in [-0.05, 0) is 31.4 Å². The largest absolute Gasteiger partial charge is 0.427 e. The minimum Gasteiger partial charge on any atom is -0.427 e. The molecule has 0 aliphatic heterocycles. The average molecular weight is 300 g/mol. The normalized spacial score (nSPS) is 14.4. The van der Waals surface area contributed by atoms with Gasteiger partial charge < -0.3 is 14.7 Å². The molecular formula is C16H16N2O4. The molecule has 1 aliphatic rings. The molecule has 0 bridgehead atoms. The standard InChI is InChI=1S/C16H16N2O4/c1-9-7-12(10-3-2-4-10)22-16(21)14(9)15(20)18-13-8-11(19)5-6-17-13/h5-8,10H,2-4H2,1H3,(H2,17,18,19,20). The zero-order valence-electron chi connectivity index (χ0n) is 12.1. The van der Waals surface area contributed by atoms with E-state index in [1.54, 1.807) is 13.0 Å². The van der Waals surface area contributed by atoms with E-state index in [0.29, 0.717) is 11.3 Å². The summed E-state index contributed by atoms with van der Waals surface area (Å²) >= 11 is 0. The number of hydrogen-bond donors (Lipinski definition) is 2. The van der Waals surface area contributed by atoms with E-state index < -0.39 is 11.5 Å². The van der Waals surface area contributed by atoms with Crippen LogP contribution in [0.3, 0.4) is 0 Å². The summed E-state index contributed by atoms with van der Waals surface area (Å²) in [6.45, 7) is 1.71. The minimum atomic E-state index is -0.641. The summed E-state index contributed by atoms with van der Waals surface area (Å²) in [5.74, 6) is 0.583. The fourth-order valence-electron chi connectivity index (χ4n) is 2.50. The van der Waals surface area contributed by atoms with Crippen molar-refractivity contribution in [1.29, 1.82) is 0 Å². The maximum atomic E-state index is 12.2. The minimum absolute atomic E-state index is 0.0345. The molecule has 114 valence electrons. The predicted octanol–water partition coefficient (Wildman–Crippen LogP) is 2.16. The van der Waals surface area contributed by atoms with E-state index in [4.69, 9.17) is 4.42 Å². The highest BCUT2D eigenvalue weighted by Crippen LogP contribution is 2.36. The topological polar surface area (TPSA) is 92.2 Å². The molecule has 1 aliphatic carbocycles. The second kappa shape index (κ2) is 5.63. The third-order valence-corrected chi connectivity index (χ3v) is 3.92. The molecule has 6 nitrogen and oxygen atoms in total. The van der Waals surface area contributed by atoms with E-state index in [1.165, 1.54) is 18.3 Å². The van der Waals surface area contributed by atoms with E-state index in [-0.39, 0.29) is 22.7 Å². The predicted molar refractivity (Wildman–Crippen MR) is 81.3 cm³/mol. The monoisotopic (exact) mass is 300 g/mol. The highest BCUT2D eigenvalue weighted by atomic mass is 16.4. The number of pyridine rings is 1. The van der Waals surface area contributed by atoms with Gasteiger partial charge in [0.15, 0.2) is 5.43 Å². The molecule has 2 N–H and O–H groups in total. The second-order valence-electron chi connectivity index (χ2n) is 5.51. The summed E-state index contributed by atoms with van der Waals surface area (Å²) in [5.41, 5.74) is -0.336. The quantitative estimate of drug-likeness (QED) is 0.908. The molecular weight excluding hydrogens is 284 g/mol. The van der Waals surface area contributed by atoms with Crippen molar-refractivity contribution < 1.29 is 9.21 Å². The summed E-state index contributed by atoms with van der Waals surface area (Å²) < 4.78 is 5.29. The molecule has 1 saturated carbocycles. The highest BCUT2D eigenvalue weighted by molar-refractivity contribution is 6.04. The molecule has 2 heterocycles. The van der Waals surface area contributed by atoms with Crippen molar-refractivity contribution in [3.05, 3.63) is 61.9 Å².